The van der Waals surface area contributed by atoms with Crippen molar-refractivity contribution < 1.29 is 23.8 Å². The largest absolute Gasteiger partial charge is 0.487 e. The lowest BCUT2D eigenvalue weighted by molar-refractivity contribution is -0.132. The van der Waals surface area contributed by atoms with E-state index in [4.69, 9.17) is 26.4 Å². The third kappa shape index (κ3) is 4.51. The molecule has 7 nitrogen and oxygen atoms in total. The van der Waals surface area contributed by atoms with Crippen LogP contribution in [0.5, 0.6) is 17.2 Å². The van der Waals surface area contributed by atoms with Crippen LogP contribution in [0.15, 0.2) is 53.0 Å². The Morgan fingerprint density at radius 3 is 2.52 bits per heavy atom. The highest BCUT2D eigenvalue weighted by molar-refractivity contribution is 9.10. The molecule has 0 spiro atoms. The van der Waals surface area contributed by atoms with Gasteiger partial charge in [-0.2, -0.15) is 0 Å². The number of thiocarbonyl (C=S) groups is 1. The topological polar surface area (TPSA) is 68.3 Å². The van der Waals surface area contributed by atoms with Crippen LogP contribution in [0.25, 0.3) is 6.08 Å². The first kappa shape index (κ1) is 23.0. The highest BCUT2D eigenvalue weighted by Crippen LogP contribution is 2.35. The summed E-state index contributed by atoms with van der Waals surface area (Å²) in [5.41, 5.74) is 2.52. The zero-order chi connectivity index (χ0) is 23.7. The maximum atomic E-state index is 12.6. The summed E-state index contributed by atoms with van der Waals surface area (Å²) in [6.45, 7) is 4.37. The number of amides is 2. The Morgan fingerprint density at radius 1 is 1.12 bits per heavy atom. The number of rotatable bonds is 6. The Morgan fingerprint density at radius 2 is 1.82 bits per heavy atom. The molecule has 0 atom stereocenters. The van der Waals surface area contributed by atoms with E-state index in [-0.39, 0.29) is 17.5 Å². The van der Waals surface area contributed by atoms with Crippen molar-refractivity contribution in [2.45, 2.75) is 13.0 Å². The molecule has 0 N–H and O–H groups in total. The third-order valence-corrected chi connectivity index (χ3v) is 6.42. The van der Waals surface area contributed by atoms with E-state index in [9.17, 15) is 9.59 Å². The fourth-order valence-corrected chi connectivity index (χ4v) is 4.35. The van der Waals surface area contributed by atoms with Crippen molar-refractivity contribution in [1.82, 2.24) is 9.80 Å². The van der Waals surface area contributed by atoms with Gasteiger partial charge in [0.15, 0.2) is 16.6 Å². The van der Waals surface area contributed by atoms with Gasteiger partial charge < -0.3 is 14.2 Å². The van der Waals surface area contributed by atoms with Gasteiger partial charge in [-0.1, -0.05) is 12.1 Å². The molecule has 2 aromatic carbocycles. The number of benzene rings is 2. The Bertz CT molecular complexity index is 1180. The average molecular weight is 529 g/mol. The minimum atomic E-state index is -0.437. The summed E-state index contributed by atoms with van der Waals surface area (Å²) in [7, 11) is 3.10. The van der Waals surface area contributed by atoms with Gasteiger partial charge in [-0.25, -0.2) is 0 Å². The van der Waals surface area contributed by atoms with Gasteiger partial charge >= 0.3 is 0 Å². The minimum Gasteiger partial charge on any atom is -0.487 e. The van der Waals surface area contributed by atoms with E-state index in [0.29, 0.717) is 40.3 Å². The van der Waals surface area contributed by atoms with Gasteiger partial charge in [0.05, 0.1) is 4.47 Å². The van der Waals surface area contributed by atoms with Crippen molar-refractivity contribution in [3.63, 3.8) is 0 Å². The van der Waals surface area contributed by atoms with Gasteiger partial charge in [0.25, 0.3) is 11.8 Å². The molecule has 170 valence electrons. The first-order valence-electron chi connectivity index (χ1n) is 10.1. The second-order valence-corrected chi connectivity index (χ2v) is 8.75. The molecule has 0 saturated carbocycles. The molecule has 0 unspecified atom stereocenters. The molecule has 9 heteroatoms. The lowest BCUT2D eigenvalue weighted by Gasteiger charge is -2.31. The second-order valence-electron chi connectivity index (χ2n) is 7.53. The van der Waals surface area contributed by atoms with Crippen molar-refractivity contribution in [2.24, 2.45) is 0 Å². The van der Waals surface area contributed by atoms with Crippen LogP contribution in [0.1, 0.15) is 16.7 Å². The molecule has 1 fully saturated rings. The minimum absolute atomic E-state index is 0.0408. The lowest BCUT2D eigenvalue weighted by atomic mass is 10.0. The second kappa shape index (κ2) is 9.36. The zero-order valence-corrected chi connectivity index (χ0v) is 20.5. The highest BCUT2D eigenvalue weighted by atomic mass is 79.9. The number of carbonyl (C=O) groups excluding carboxylic acids is 2. The van der Waals surface area contributed by atoms with E-state index in [1.165, 1.54) is 9.80 Å². The van der Waals surface area contributed by atoms with E-state index in [0.717, 1.165) is 11.1 Å². The molecular weight excluding hydrogens is 508 g/mol. The molecule has 2 aromatic rings. The molecule has 2 amide bonds. The number of fused-ring (bicyclic) bond motifs is 1. The van der Waals surface area contributed by atoms with Gasteiger partial charge in [-0.15, -0.1) is 6.58 Å². The normalized spacial score (nSPS) is 15.2. The Labute approximate surface area is 205 Å². The first-order valence-corrected chi connectivity index (χ1v) is 11.3. The van der Waals surface area contributed by atoms with E-state index in [2.05, 4.69) is 22.5 Å². The molecule has 1 saturated heterocycles. The third-order valence-electron chi connectivity index (χ3n) is 5.28. The molecule has 2 heterocycles. The standard InChI is InChI=1S/C24H21BrN2O5S/c1-4-5-16-8-15(9-17-22(28)26(2)24(33)27(3)23(17)29)10-18(25)21(16)30-12-14-6-7-19-20(11-14)32-13-31-19/h4,6-11H,1,5,12-13H2,2-3H3. The zero-order valence-electron chi connectivity index (χ0n) is 18.1. The van der Waals surface area contributed by atoms with Gasteiger partial charge in [-0.05, 0) is 81.6 Å². The quantitative estimate of drug-likeness (QED) is 0.243. The van der Waals surface area contributed by atoms with Crippen molar-refractivity contribution in [1.29, 1.82) is 0 Å². The van der Waals surface area contributed by atoms with E-state index in [1.54, 1.807) is 26.2 Å². The Balaban J connectivity index is 1.62. The van der Waals surface area contributed by atoms with E-state index >= 15 is 0 Å². The van der Waals surface area contributed by atoms with Crippen LogP contribution in [0.4, 0.5) is 0 Å². The number of allylic oxidation sites excluding steroid dienone is 1. The van der Waals surface area contributed by atoms with Gasteiger partial charge in [0, 0.05) is 14.1 Å². The number of hydrogen-bond acceptors (Lipinski definition) is 6. The van der Waals surface area contributed by atoms with Crippen molar-refractivity contribution in [3.05, 3.63) is 69.7 Å². The fraction of sp³-hybridized carbons (Fsp3) is 0.208. The Hall–Kier alpha value is -3.17. The molecule has 0 bridgehead atoms. The number of likely N-dealkylation sites (N-methyl/N-ethyl adjacent to an activating group) is 2. The smallest absolute Gasteiger partial charge is 0.265 e. The van der Waals surface area contributed by atoms with Gasteiger partial charge in [-0.3, -0.25) is 19.4 Å². The van der Waals surface area contributed by atoms with Crippen LogP contribution in [0, 0.1) is 0 Å². The maximum absolute atomic E-state index is 12.6. The summed E-state index contributed by atoms with van der Waals surface area (Å²) in [6, 6.07) is 9.35. The summed E-state index contributed by atoms with van der Waals surface area (Å²) in [6.07, 6.45) is 3.87. The van der Waals surface area contributed by atoms with E-state index in [1.807, 2.05) is 30.3 Å². The number of hydrogen-bond donors (Lipinski definition) is 0. The number of ether oxygens (including phenoxy) is 3. The van der Waals surface area contributed by atoms with Crippen molar-refractivity contribution in [2.75, 3.05) is 20.9 Å². The monoisotopic (exact) mass is 528 g/mol. The van der Waals surface area contributed by atoms with Gasteiger partial charge in [0.1, 0.15) is 17.9 Å². The van der Waals surface area contributed by atoms with Crippen molar-refractivity contribution >= 4 is 51.2 Å². The van der Waals surface area contributed by atoms with Crippen LogP contribution >= 0.6 is 28.1 Å². The van der Waals surface area contributed by atoms with Crippen molar-refractivity contribution in [3.8, 4) is 17.2 Å². The number of nitrogens with zero attached hydrogens (tertiary/aromatic N) is 2. The van der Waals surface area contributed by atoms with Crippen LogP contribution in [-0.2, 0) is 22.6 Å². The summed E-state index contributed by atoms with van der Waals surface area (Å²) < 4.78 is 17.6. The summed E-state index contributed by atoms with van der Waals surface area (Å²) in [5, 5.41) is 0.169. The van der Waals surface area contributed by atoms with Crippen LogP contribution in [0.2, 0.25) is 0 Å². The van der Waals surface area contributed by atoms with E-state index < -0.39 is 11.8 Å². The molecule has 2 aliphatic rings. The maximum Gasteiger partial charge on any atom is 0.265 e. The lowest BCUT2D eigenvalue weighted by Crippen LogP contribution is -2.52. The van der Waals surface area contributed by atoms with Crippen LogP contribution in [0.3, 0.4) is 0 Å². The molecule has 0 radical (unpaired) electrons. The average Bonchev–Trinajstić information content (AvgIpc) is 3.27. The molecule has 4 rings (SSSR count). The SMILES string of the molecule is C=CCc1cc(C=C2C(=O)N(C)C(=S)N(C)C2=O)cc(Br)c1OCc1ccc2c(c1)OCO2. The van der Waals surface area contributed by atoms with Gasteiger partial charge in [0.2, 0.25) is 6.79 Å². The molecule has 2 aliphatic heterocycles. The predicted octanol–water partition coefficient (Wildman–Crippen LogP) is 4.08. The van der Waals surface area contributed by atoms with Crippen LogP contribution < -0.4 is 14.2 Å². The molecular formula is C24H21BrN2O5S. The summed E-state index contributed by atoms with van der Waals surface area (Å²) in [5.74, 6) is 1.19. The molecule has 0 aliphatic carbocycles. The number of halogens is 1. The Kier molecular flexibility index (Phi) is 6.53. The summed E-state index contributed by atoms with van der Waals surface area (Å²) >= 11 is 8.72. The molecule has 0 aromatic heterocycles. The molecule has 33 heavy (non-hydrogen) atoms. The summed E-state index contributed by atoms with van der Waals surface area (Å²) in [4.78, 5) is 27.9. The first-order chi connectivity index (χ1) is 15.8. The highest BCUT2D eigenvalue weighted by Gasteiger charge is 2.35. The number of carbonyl (C=O) groups is 2. The predicted molar refractivity (Wildman–Crippen MR) is 131 cm³/mol. The van der Waals surface area contributed by atoms with Crippen LogP contribution in [-0.4, -0.2) is 47.6 Å². The fourth-order valence-electron chi connectivity index (χ4n) is 3.55.